The maximum Gasteiger partial charge on any atom is 0.246 e. The molecule has 21 heavy (non-hydrogen) atoms. The Morgan fingerprint density at radius 1 is 1.24 bits per heavy atom. The maximum atomic E-state index is 12.7. The standard InChI is InChI=1S/C14H24N4O2S/c1-3-9-15-14-16-10-13(11-17-14)21(19,20)18(4-2)12-7-5-6-8-12/h10-12H,3-9H2,1-2H3,(H,15,16,17). The van der Waals surface area contributed by atoms with E-state index in [1.807, 2.05) is 13.8 Å². The molecule has 1 heterocycles. The summed E-state index contributed by atoms with van der Waals surface area (Å²) in [7, 11) is -3.49. The first-order valence-corrected chi connectivity index (χ1v) is 9.11. The fourth-order valence-electron chi connectivity index (χ4n) is 2.73. The molecule has 1 aliphatic rings. The second-order valence-electron chi connectivity index (χ2n) is 5.32. The van der Waals surface area contributed by atoms with Crippen molar-refractivity contribution in [1.82, 2.24) is 14.3 Å². The molecule has 1 aromatic rings. The molecular formula is C14H24N4O2S. The lowest BCUT2D eigenvalue weighted by molar-refractivity contribution is 0.335. The molecule has 1 N–H and O–H groups in total. The number of rotatable bonds is 7. The van der Waals surface area contributed by atoms with E-state index in [0.29, 0.717) is 12.5 Å². The zero-order valence-corrected chi connectivity index (χ0v) is 13.6. The number of nitrogens with one attached hydrogen (secondary N) is 1. The number of sulfonamides is 1. The summed E-state index contributed by atoms with van der Waals surface area (Å²) < 4.78 is 27.0. The van der Waals surface area contributed by atoms with Crippen LogP contribution < -0.4 is 5.32 Å². The molecule has 0 unspecified atom stereocenters. The third-order valence-corrected chi connectivity index (χ3v) is 5.79. The van der Waals surface area contributed by atoms with Crippen molar-refractivity contribution in [3.05, 3.63) is 12.4 Å². The van der Waals surface area contributed by atoms with Gasteiger partial charge in [0.1, 0.15) is 4.90 Å². The summed E-state index contributed by atoms with van der Waals surface area (Å²) >= 11 is 0. The molecule has 0 atom stereocenters. The monoisotopic (exact) mass is 312 g/mol. The van der Waals surface area contributed by atoms with Crippen molar-refractivity contribution in [3.63, 3.8) is 0 Å². The molecule has 1 fully saturated rings. The Hall–Kier alpha value is -1.21. The normalized spacial score (nSPS) is 16.5. The number of hydrogen-bond donors (Lipinski definition) is 1. The average molecular weight is 312 g/mol. The van der Waals surface area contributed by atoms with Gasteiger partial charge < -0.3 is 5.32 Å². The molecule has 1 saturated carbocycles. The number of anilines is 1. The third kappa shape index (κ3) is 3.71. The first-order valence-electron chi connectivity index (χ1n) is 7.67. The Balaban J connectivity index is 2.17. The van der Waals surface area contributed by atoms with E-state index in [2.05, 4.69) is 15.3 Å². The van der Waals surface area contributed by atoms with Crippen molar-refractivity contribution in [2.24, 2.45) is 0 Å². The molecule has 0 aliphatic heterocycles. The van der Waals surface area contributed by atoms with Gasteiger partial charge in [0.05, 0.1) is 12.4 Å². The van der Waals surface area contributed by atoms with Crippen molar-refractivity contribution in [3.8, 4) is 0 Å². The molecule has 0 amide bonds. The van der Waals surface area contributed by atoms with E-state index < -0.39 is 10.0 Å². The van der Waals surface area contributed by atoms with Gasteiger partial charge in [0.2, 0.25) is 16.0 Å². The van der Waals surface area contributed by atoms with Crippen molar-refractivity contribution >= 4 is 16.0 Å². The van der Waals surface area contributed by atoms with Crippen LogP contribution in [-0.2, 0) is 10.0 Å². The number of nitrogens with zero attached hydrogens (tertiary/aromatic N) is 3. The molecule has 1 aromatic heterocycles. The highest BCUT2D eigenvalue weighted by atomic mass is 32.2. The van der Waals surface area contributed by atoms with Crippen LogP contribution in [0.3, 0.4) is 0 Å². The SMILES string of the molecule is CCCNc1ncc(S(=O)(=O)N(CC)C2CCCC2)cn1. The Kier molecular flexibility index (Phi) is 5.52. The fourth-order valence-corrected chi connectivity index (χ4v) is 4.32. The molecule has 0 spiro atoms. The van der Waals surface area contributed by atoms with Gasteiger partial charge in [0.15, 0.2) is 0 Å². The lowest BCUT2D eigenvalue weighted by Gasteiger charge is -2.26. The highest BCUT2D eigenvalue weighted by molar-refractivity contribution is 7.89. The summed E-state index contributed by atoms with van der Waals surface area (Å²) in [5, 5.41) is 3.04. The quantitative estimate of drug-likeness (QED) is 0.836. The predicted octanol–water partition coefficient (Wildman–Crippen LogP) is 2.25. The highest BCUT2D eigenvalue weighted by Gasteiger charge is 2.32. The average Bonchev–Trinajstić information content (AvgIpc) is 3.00. The van der Waals surface area contributed by atoms with Crippen LogP contribution in [0.15, 0.2) is 17.3 Å². The van der Waals surface area contributed by atoms with Crippen molar-refractivity contribution < 1.29 is 8.42 Å². The molecule has 0 bridgehead atoms. The van der Waals surface area contributed by atoms with Crippen LogP contribution in [0.1, 0.15) is 46.0 Å². The Morgan fingerprint density at radius 2 is 1.86 bits per heavy atom. The molecule has 1 aliphatic carbocycles. The van der Waals surface area contributed by atoms with Crippen molar-refractivity contribution in [2.45, 2.75) is 56.9 Å². The molecule has 0 saturated heterocycles. The van der Waals surface area contributed by atoms with Crippen LogP contribution in [0.2, 0.25) is 0 Å². The number of hydrogen-bond acceptors (Lipinski definition) is 5. The van der Waals surface area contributed by atoms with Crippen molar-refractivity contribution in [1.29, 1.82) is 0 Å². The molecule has 0 aromatic carbocycles. The fraction of sp³-hybridized carbons (Fsp3) is 0.714. The zero-order valence-electron chi connectivity index (χ0n) is 12.7. The Morgan fingerprint density at radius 3 is 2.38 bits per heavy atom. The van der Waals surface area contributed by atoms with Gasteiger partial charge in [0, 0.05) is 19.1 Å². The Labute approximate surface area is 127 Å². The zero-order chi connectivity index (χ0) is 15.3. The predicted molar refractivity (Wildman–Crippen MR) is 82.6 cm³/mol. The second kappa shape index (κ2) is 7.17. The summed E-state index contributed by atoms with van der Waals surface area (Å²) in [6.45, 7) is 5.19. The van der Waals surface area contributed by atoms with E-state index in [9.17, 15) is 8.42 Å². The van der Waals surface area contributed by atoms with Gasteiger partial charge in [-0.3, -0.25) is 0 Å². The van der Waals surface area contributed by atoms with Crippen LogP contribution in [0.4, 0.5) is 5.95 Å². The van der Waals surface area contributed by atoms with Crippen LogP contribution in [-0.4, -0.2) is 41.8 Å². The van der Waals surface area contributed by atoms with Gasteiger partial charge in [-0.25, -0.2) is 18.4 Å². The van der Waals surface area contributed by atoms with Crippen LogP contribution in [0.25, 0.3) is 0 Å². The minimum Gasteiger partial charge on any atom is -0.354 e. The summed E-state index contributed by atoms with van der Waals surface area (Å²) in [5.74, 6) is 0.472. The van der Waals surface area contributed by atoms with E-state index in [0.717, 1.165) is 38.6 Å². The smallest absolute Gasteiger partial charge is 0.246 e. The second-order valence-corrected chi connectivity index (χ2v) is 7.21. The van der Waals surface area contributed by atoms with Gasteiger partial charge in [-0.05, 0) is 19.3 Å². The van der Waals surface area contributed by atoms with E-state index in [4.69, 9.17) is 0 Å². The number of aromatic nitrogens is 2. The highest BCUT2D eigenvalue weighted by Crippen LogP contribution is 2.28. The first kappa shape index (κ1) is 16.2. The molecule has 0 radical (unpaired) electrons. The topological polar surface area (TPSA) is 75.2 Å². The largest absolute Gasteiger partial charge is 0.354 e. The van der Waals surface area contributed by atoms with E-state index in [-0.39, 0.29) is 10.9 Å². The minimum absolute atomic E-state index is 0.123. The molecule has 118 valence electrons. The molecule has 2 rings (SSSR count). The Bertz CT molecular complexity index is 539. The van der Waals surface area contributed by atoms with Crippen molar-refractivity contribution in [2.75, 3.05) is 18.4 Å². The van der Waals surface area contributed by atoms with Gasteiger partial charge in [-0.15, -0.1) is 0 Å². The van der Waals surface area contributed by atoms with Crippen LogP contribution in [0, 0.1) is 0 Å². The third-order valence-electron chi connectivity index (χ3n) is 3.81. The summed E-state index contributed by atoms with van der Waals surface area (Å²) in [5.41, 5.74) is 0. The van der Waals surface area contributed by atoms with Crippen LogP contribution >= 0.6 is 0 Å². The maximum absolute atomic E-state index is 12.7. The van der Waals surface area contributed by atoms with Crippen LogP contribution in [0.5, 0.6) is 0 Å². The summed E-state index contributed by atoms with van der Waals surface area (Å²) in [6, 6.07) is 0.123. The van der Waals surface area contributed by atoms with Gasteiger partial charge >= 0.3 is 0 Å². The minimum atomic E-state index is -3.49. The lowest BCUT2D eigenvalue weighted by atomic mass is 10.2. The van der Waals surface area contributed by atoms with Gasteiger partial charge in [-0.1, -0.05) is 26.7 Å². The molecular weight excluding hydrogens is 288 g/mol. The molecule has 6 nitrogen and oxygen atoms in total. The lowest BCUT2D eigenvalue weighted by Crippen LogP contribution is -2.38. The summed E-state index contributed by atoms with van der Waals surface area (Å²) in [6.07, 6.45) is 7.87. The molecule has 7 heteroatoms. The van der Waals surface area contributed by atoms with Gasteiger partial charge in [-0.2, -0.15) is 4.31 Å². The van der Waals surface area contributed by atoms with E-state index >= 15 is 0 Å². The summed E-state index contributed by atoms with van der Waals surface area (Å²) in [4.78, 5) is 8.37. The van der Waals surface area contributed by atoms with Gasteiger partial charge in [0.25, 0.3) is 0 Å². The van der Waals surface area contributed by atoms with E-state index in [1.54, 1.807) is 4.31 Å². The van der Waals surface area contributed by atoms with E-state index in [1.165, 1.54) is 12.4 Å². The first-order chi connectivity index (χ1) is 10.1.